The van der Waals surface area contributed by atoms with Gasteiger partial charge in [0.1, 0.15) is 17.6 Å². The zero-order chi connectivity index (χ0) is 24.8. The lowest BCUT2D eigenvalue weighted by Gasteiger charge is -2.18. The number of carbonyl (C=O) groups excluding carboxylic acids is 2. The number of methoxy groups -OCH3 is 1. The number of esters is 1. The summed E-state index contributed by atoms with van der Waals surface area (Å²) in [5, 5.41) is 13.0. The van der Waals surface area contributed by atoms with E-state index in [2.05, 4.69) is 5.32 Å². The molecule has 5 nitrogen and oxygen atoms in total. The van der Waals surface area contributed by atoms with Crippen LogP contribution in [0.4, 0.5) is 4.39 Å². The van der Waals surface area contributed by atoms with Gasteiger partial charge in [-0.3, -0.25) is 4.79 Å². The Labute approximate surface area is 202 Å². The third-order valence-electron chi connectivity index (χ3n) is 5.71. The number of hydrogen-bond acceptors (Lipinski definition) is 4. The minimum atomic E-state index is -0.955. The zero-order valence-electron chi connectivity index (χ0n) is 19.1. The topological polar surface area (TPSA) is 75.6 Å². The molecule has 0 aromatic heterocycles. The van der Waals surface area contributed by atoms with Gasteiger partial charge >= 0.3 is 5.97 Å². The predicted molar refractivity (Wildman–Crippen MR) is 132 cm³/mol. The summed E-state index contributed by atoms with van der Waals surface area (Å²) in [6.07, 6.45) is 0.214. The van der Waals surface area contributed by atoms with E-state index in [1.165, 1.54) is 31.4 Å². The van der Waals surface area contributed by atoms with Crippen LogP contribution in [0.5, 0.6) is 5.75 Å². The maximum absolute atomic E-state index is 13.3. The van der Waals surface area contributed by atoms with E-state index in [-0.39, 0.29) is 23.6 Å². The van der Waals surface area contributed by atoms with Crippen LogP contribution in [0.2, 0.25) is 0 Å². The van der Waals surface area contributed by atoms with Gasteiger partial charge in [-0.1, -0.05) is 72.8 Å². The van der Waals surface area contributed by atoms with E-state index in [1.807, 2.05) is 54.6 Å². The van der Waals surface area contributed by atoms with Gasteiger partial charge in [-0.2, -0.15) is 0 Å². The van der Waals surface area contributed by atoms with Crippen LogP contribution in [0.25, 0.3) is 22.3 Å². The molecule has 4 rings (SSSR count). The Bertz CT molecular complexity index is 1320. The van der Waals surface area contributed by atoms with Gasteiger partial charge in [0.2, 0.25) is 0 Å². The van der Waals surface area contributed by atoms with Crippen molar-refractivity contribution < 1.29 is 23.8 Å². The smallest absolute Gasteiger partial charge is 0.328 e. The lowest BCUT2D eigenvalue weighted by atomic mass is 9.99. The monoisotopic (exact) mass is 469 g/mol. The van der Waals surface area contributed by atoms with E-state index in [9.17, 15) is 19.1 Å². The first-order valence-corrected chi connectivity index (χ1v) is 11.1. The van der Waals surface area contributed by atoms with Crippen molar-refractivity contribution in [3.8, 4) is 28.0 Å². The van der Waals surface area contributed by atoms with E-state index in [4.69, 9.17) is 4.74 Å². The summed E-state index contributed by atoms with van der Waals surface area (Å²) < 4.78 is 18.2. The highest BCUT2D eigenvalue weighted by Crippen LogP contribution is 2.26. The molecule has 0 aliphatic rings. The van der Waals surface area contributed by atoms with E-state index in [1.54, 1.807) is 18.2 Å². The number of benzene rings is 4. The van der Waals surface area contributed by atoms with Crippen LogP contribution in [-0.2, 0) is 16.0 Å². The molecule has 2 N–H and O–H groups in total. The van der Waals surface area contributed by atoms with Gasteiger partial charge in [0, 0.05) is 6.42 Å². The Morgan fingerprint density at radius 2 is 1.40 bits per heavy atom. The zero-order valence-corrected chi connectivity index (χ0v) is 19.1. The van der Waals surface area contributed by atoms with Crippen LogP contribution in [0, 0.1) is 5.82 Å². The van der Waals surface area contributed by atoms with Gasteiger partial charge in [-0.05, 0) is 52.1 Å². The lowest BCUT2D eigenvalue weighted by molar-refractivity contribution is -0.142. The summed E-state index contributed by atoms with van der Waals surface area (Å²) in [5.74, 6) is -1.82. The van der Waals surface area contributed by atoms with Crippen molar-refractivity contribution in [2.24, 2.45) is 0 Å². The Morgan fingerprint density at radius 3 is 2.06 bits per heavy atom. The summed E-state index contributed by atoms with van der Waals surface area (Å²) >= 11 is 0. The molecule has 0 saturated heterocycles. The molecule has 0 heterocycles. The summed E-state index contributed by atoms with van der Waals surface area (Å²) in [6, 6.07) is 27.0. The van der Waals surface area contributed by atoms with E-state index < -0.39 is 17.9 Å². The summed E-state index contributed by atoms with van der Waals surface area (Å²) in [4.78, 5) is 25.5. The summed E-state index contributed by atoms with van der Waals surface area (Å²) in [7, 11) is 1.26. The molecule has 1 amide bonds. The number of halogens is 1. The number of aromatic hydroxyl groups is 1. The van der Waals surface area contributed by atoms with Gasteiger partial charge in [-0.25, -0.2) is 9.18 Å². The standard InChI is InChI=1S/C29H24FNO4/c1-35-29(34)26(17-19-7-9-21(10-8-19)20-5-3-2-4-6-20)31-28(33)25-18-23(13-16-27(25)32)22-11-14-24(30)15-12-22/h2-16,18,26,32H,17H2,1H3,(H,31,33)/t26-/m0/s1. The number of phenols is 1. The largest absolute Gasteiger partial charge is 0.507 e. The number of nitrogens with one attached hydrogen (secondary N) is 1. The third-order valence-corrected chi connectivity index (χ3v) is 5.71. The fourth-order valence-electron chi connectivity index (χ4n) is 3.81. The van der Waals surface area contributed by atoms with Crippen molar-refractivity contribution in [3.05, 3.63) is 114 Å². The Hall–Kier alpha value is -4.45. The van der Waals surface area contributed by atoms with Crippen molar-refractivity contribution in [2.75, 3.05) is 7.11 Å². The normalized spacial score (nSPS) is 11.5. The van der Waals surface area contributed by atoms with Crippen LogP contribution in [0.15, 0.2) is 97.1 Å². The molecule has 6 heteroatoms. The maximum Gasteiger partial charge on any atom is 0.328 e. The number of hydrogen-bond donors (Lipinski definition) is 2. The minimum Gasteiger partial charge on any atom is -0.507 e. The molecule has 0 spiro atoms. The molecule has 4 aromatic rings. The number of phenolic OH excluding ortho intramolecular Hbond substituents is 1. The van der Waals surface area contributed by atoms with E-state index in [0.717, 1.165) is 16.7 Å². The Balaban J connectivity index is 1.53. The first kappa shape index (κ1) is 23.7. The predicted octanol–water partition coefficient (Wildman–Crippen LogP) is 5.38. The Morgan fingerprint density at radius 1 is 0.829 bits per heavy atom. The fraction of sp³-hybridized carbons (Fsp3) is 0.103. The highest BCUT2D eigenvalue weighted by Gasteiger charge is 2.24. The van der Waals surface area contributed by atoms with Gasteiger partial charge in [0.05, 0.1) is 12.7 Å². The lowest BCUT2D eigenvalue weighted by Crippen LogP contribution is -2.43. The van der Waals surface area contributed by atoms with Crippen molar-refractivity contribution in [2.45, 2.75) is 12.5 Å². The second-order valence-electron chi connectivity index (χ2n) is 8.06. The molecule has 0 radical (unpaired) electrons. The van der Waals surface area contributed by atoms with Crippen LogP contribution in [-0.4, -0.2) is 30.1 Å². The minimum absolute atomic E-state index is 0.000142. The van der Waals surface area contributed by atoms with Gasteiger partial charge < -0.3 is 15.2 Å². The quantitative estimate of drug-likeness (QED) is 0.357. The Kier molecular flexibility index (Phi) is 7.21. The van der Waals surface area contributed by atoms with Crippen molar-refractivity contribution >= 4 is 11.9 Å². The molecule has 4 aromatic carbocycles. The average molecular weight is 470 g/mol. The van der Waals surface area contributed by atoms with Crippen LogP contribution in [0.1, 0.15) is 15.9 Å². The van der Waals surface area contributed by atoms with Crippen molar-refractivity contribution in [1.82, 2.24) is 5.32 Å². The fourth-order valence-corrected chi connectivity index (χ4v) is 3.81. The molecule has 0 unspecified atom stereocenters. The summed E-state index contributed by atoms with van der Waals surface area (Å²) in [6.45, 7) is 0. The van der Waals surface area contributed by atoms with Crippen LogP contribution >= 0.6 is 0 Å². The SMILES string of the molecule is COC(=O)[C@H](Cc1ccc(-c2ccccc2)cc1)NC(=O)c1cc(-c2ccc(F)cc2)ccc1O. The number of rotatable bonds is 7. The third kappa shape index (κ3) is 5.73. The molecule has 0 fully saturated rings. The first-order valence-electron chi connectivity index (χ1n) is 11.1. The number of amides is 1. The van der Waals surface area contributed by atoms with Crippen LogP contribution < -0.4 is 5.32 Å². The average Bonchev–Trinajstić information content (AvgIpc) is 2.89. The first-order chi connectivity index (χ1) is 16.9. The molecular weight excluding hydrogens is 445 g/mol. The van der Waals surface area contributed by atoms with Crippen LogP contribution in [0.3, 0.4) is 0 Å². The molecule has 0 aliphatic carbocycles. The molecule has 0 saturated carbocycles. The maximum atomic E-state index is 13.3. The molecule has 1 atom stereocenters. The van der Waals surface area contributed by atoms with E-state index >= 15 is 0 Å². The van der Waals surface area contributed by atoms with Gasteiger partial charge in [0.25, 0.3) is 5.91 Å². The number of carbonyl (C=O) groups is 2. The van der Waals surface area contributed by atoms with Gasteiger partial charge in [-0.15, -0.1) is 0 Å². The number of ether oxygens (including phenoxy) is 1. The molecule has 0 bridgehead atoms. The highest BCUT2D eigenvalue weighted by atomic mass is 19.1. The van der Waals surface area contributed by atoms with E-state index in [0.29, 0.717) is 11.1 Å². The van der Waals surface area contributed by atoms with Crippen molar-refractivity contribution in [1.29, 1.82) is 0 Å². The van der Waals surface area contributed by atoms with Gasteiger partial charge in [0.15, 0.2) is 0 Å². The molecule has 35 heavy (non-hydrogen) atoms. The highest BCUT2D eigenvalue weighted by molar-refractivity contribution is 6.00. The second-order valence-corrected chi connectivity index (χ2v) is 8.06. The molecule has 0 aliphatic heterocycles. The molecule has 176 valence electrons. The molecular formula is C29H24FNO4. The second kappa shape index (κ2) is 10.7. The summed E-state index contributed by atoms with van der Waals surface area (Å²) in [5.41, 5.74) is 4.26. The van der Waals surface area contributed by atoms with Crippen molar-refractivity contribution in [3.63, 3.8) is 0 Å².